The summed E-state index contributed by atoms with van der Waals surface area (Å²) < 4.78 is 11.7. The number of benzene rings is 2. The second kappa shape index (κ2) is 6.90. The van der Waals surface area contributed by atoms with Crippen LogP contribution >= 0.6 is 11.6 Å². The van der Waals surface area contributed by atoms with Gasteiger partial charge >= 0.3 is 0 Å². The molecule has 0 saturated heterocycles. The molecule has 0 N–H and O–H groups in total. The van der Waals surface area contributed by atoms with E-state index in [4.69, 9.17) is 25.7 Å². The number of oxazole rings is 1. The second-order valence-corrected chi connectivity index (χ2v) is 6.64. The highest BCUT2D eigenvalue weighted by atomic mass is 35.5. The van der Waals surface area contributed by atoms with E-state index >= 15 is 0 Å². The predicted octanol–water partition coefficient (Wildman–Crippen LogP) is 4.70. The summed E-state index contributed by atoms with van der Waals surface area (Å²) in [6, 6.07) is 15.8. The molecule has 25 heavy (non-hydrogen) atoms. The van der Waals surface area contributed by atoms with Crippen molar-refractivity contribution in [3.05, 3.63) is 70.6 Å². The molecule has 0 aliphatic carbocycles. The number of ether oxygens (including phenoxy) is 1. The number of halogens is 1. The lowest BCUT2D eigenvalue weighted by Gasteiger charge is -2.17. The zero-order valence-corrected chi connectivity index (χ0v) is 14.8. The fraction of sp³-hybridized carbons (Fsp3) is 0.250. The maximum Gasteiger partial charge on any atom is 0.226 e. The summed E-state index contributed by atoms with van der Waals surface area (Å²) in [4.78, 5) is 7.03. The number of hydrogen-bond donors (Lipinski definition) is 0. The minimum Gasteiger partial charge on any atom is -0.492 e. The van der Waals surface area contributed by atoms with Crippen molar-refractivity contribution in [2.24, 2.45) is 0 Å². The summed E-state index contributed by atoms with van der Waals surface area (Å²) in [5.41, 5.74) is 3.05. The normalized spacial score (nSPS) is 14.6. The van der Waals surface area contributed by atoms with Gasteiger partial charge in [-0.25, -0.2) is 4.98 Å². The monoisotopic (exact) mass is 354 g/mol. The molecule has 4 rings (SSSR count). The molecule has 0 atom stereocenters. The third kappa shape index (κ3) is 3.55. The Labute approximate surface area is 152 Å². The lowest BCUT2D eigenvalue weighted by Crippen LogP contribution is -2.25. The molecule has 0 spiro atoms. The molecular weight excluding hydrogens is 336 g/mol. The number of nitrogens with zero attached hydrogens (tertiary/aromatic N) is 2. The van der Waals surface area contributed by atoms with Crippen LogP contribution in [0.2, 0.25) is 5.02 Å². The van der Waals surface area contributed by atoms with E-state index in [-0.39, 0.29) is 0 Å². The van der Waals surface area contributed by atoms with E-state index in [1.165, 1.54) is 5.56 Å². The average Bonchev–Trinajstić information content (AvgIpc) is 2.85. The van der Waals surface area contributed by atoms with E-state index in [1.54, 1.807) is 0 Å². The van der Waals surface area contributed by atoms with E-state index in [2.05, 4.69) is 11.0 Å². The first-order valence-corrected chi connectivity index (χ1v) is 8.72. The molecule has 4 nitrogen and oxygen atoms in total. The molecule has 0 fully saturated rings. The molecule has 0 amide bonds. The average molecular weight is 355 g/mol. The number of rotatable bonds is 3. The largest absolute Gasteiger partial charge is 0.492 e. The van der Waals surface area contributed by atoms with Crippen molar-refractivity contribution >= 4 is 11.6 Å². The van der Waals surface area contributed by atoms with Gasteiger partial charge in [0, 0.05) is 35.8 Å². The molecule has 0 unspecified atom stereocenters. The van der Waals surface area contributed by atoms with Gasteiger partial charge in [0.1, 0.15) is 18.1 Å². The SMILES string of the molecule is Cc1oc(-c2cccc(Cl)c2)nc1CN1CCOc2ccccc2C1. The van der Waals surface area contributed by atoms with Gasteiger partial charge in [0.15, 0.2) is 0 Å². The van der Waals surface area contributed by atoms with Crippen LogP contribution in [0.5, 0.6) is 5.75 Å². The number of aromatic nitrogens is 1. The van der Waals surface area contributed by atoms with Gasteiger partial charge in [0.25, 0.3) is 0 Å². The van der Waals surface area contributed by atoms with Gasteiger partial charge in [-0.1, -0.05) is 35.9 Å². The first-order chi connectivity index (χ1) is 12.2. The van der Waals surface area contributed by atoms with Crippen LogP contribution in [0.4, 0.5) is 0 Å². The molecule has 3 aromatic rings. The van der Waals surface area contributed by atoms with Gasteiger partial charge in [-0.3, -0.25) is 4.90 Å². The van der Waals surface area contributed by atoms with Crippen molar-refractivity contribution in [2.75, 3.05) is 13.2 Å². The van der Waals surface area contributed by atoms with Crippen LogP contribution < -0.4 is 4.74 Å². The molecule has 0 bridgehead atoms. The molecule has 1 aromatic heterocycles. The number of hydrogen-bond acceptors (Lipinski definition) is 4. The highest BCUT2D eigenvalue weighted by Crippen LogP contribution is 2.27. The van der Waals surface area contributed by atoms with Crippen LogP contribution in [0, 0.1) is 6.92 Å². The highest BCUT2D eigenvalue weighted by molar-refractivity contribution is 6.30. The number of para-hydroxylation sites is 1. The van der Waals surface area contributed by atoms with Gasteiger partial charge in [-0.15, -0.1) is 0 Å². The van der Waals surface area contributed by atoms with Gasteiger partial charge in [-0.05, 0) is 31.2 Å². The van der Waals surface area contributed by atoms with Crippen molar-refractivity contribution in [3.8, 4) is 17.2 Å². The van der Waals surface area contributed by atoms with Crippen LogP contribution in [0.15, 0.2) is 52.9 Å². The zero-order chi connectivity index (χ0) is 17.2. The van der Waals surface area contributed by atoms with Crippen LogP contribution in [0.1, 0.15) is 17.0 Å². The molecule has 2 aromatic carbocycles. The molecule has 0 radical (unpaired) electrons. The highest BCUT2D eigenvalue weighted by Gasteiger charge is 2.19. The van der Waals surface area contributed by atoms with Crippen molar-refractivity contribution in [1.82, 2.24) is 9.88 Å². The lowest BCUT2D eigenvalue weighted by molar-refractivity contribution is 0.217. The molecular formula is C20H19ClN2O2. The van der Waals surface area contributed by atoms with Gasteiger partial charge in [0.05, 0.1) is 5.69 Å². The fourth-order valence-corrected chi connectivity index (χ4v) is 3.24. The van der Waals surface area contributed by atoms with Crippen LogP contribution in [-0.4, -0.2) is 23.0 Å². The maximum absolute atomic E-state index is 6.07. The number of aryl methyl sites for hydroxylation is 1. The van der Waals surface area contributed by atoms with Crippen molar-refractivity contribution in [2.45, 2.75) is 20.0 Å². The van der Waals surface area contributed by atoms with Crippen LogP contribution in [0.25, 0.3) is 11.5 Å². The minimum absolute atomic E-state index is 0.612. The summed E-state index contributed by atoms with van der Waals surface area (Å²) in [5, 5.41) is 0.677. The standard InChI is InChI=1S/C20H19ClN2O2/c1-14-18(22-20(25-14)15-6-4-7-17(21)11-15)13-23-9-10-24-19-8-3-2-5-16(19)12-23/h2-8,11H,9-10,12-13H2,1H3. The predicted molar refractivity (Wildman–Crippen MR) is 97.7 cm³/mol. The van der Waals surface area contributed by atoms with Crippen molar-refractivity contribution < 1.29 is 9.15 Å². The topological polar surface area (TPSA) is 38.5 Å². The first-order valence-electron chi connectivity index (χ1n) is 8.34. The van der Waals surface area contributed by atoms with Crippen LogP contribution in [0.3, 0.4) is 0 Å². The fourth-order valence-electron chi connectivity index (χ4n) is 3.05. The Bertz CT molecular complexity index is 891. The van der Waals surface area contributed by atoms with Crippen molar-refractivity contribution in [3.63, 3.8) is 0 Å². The molecule has 5 heteroatoms. The molecule has 2 heterocycles. The quantitative estimate of drug-likeness (QED) is 0.683. The molecule has 128 valence electrons. The van der Waals surface area contributed by atoms with E-state index in [1.807, 2.05) is 49.4 Å². The molecule has 1 aliphatic rings. The van der Waals surface area contributed by atoms with Gasteiger partial charge in [0.2, 0.25) is 5.89 Å². The lowest BCUT2D eigenvalue weighted by atomic mass is 10.2. The third-order valence-electron chi connectivity index (χ3n) is 4.37. The Morgan fingerprint density at radius 3 is 2.92 bits per heavy atom. The molecule has 1 aliphatic heterocycles. The van der Waals surface area contributed by atoms with Crippen molar-refractivity contribution in [1.29, 1.82) is 0 Å². The molecule has 0 saturated carbocycles. The summed E-state index contributed by atoms with van der Waals surface area (Å²) >= 11 is 6.07. The summed E-state index contributed by atoms with van der Waals surface area (Å²) in [6.07, 6.45) is 0. The Morgan fingerprint density at radius 1 is 1.16 bits per heavy atom. The smallest absolute Gasteiger partial charge is 0.226 e. The maximum atomic E-state index is 6.07. The van der Waals surface area contributed by atoms with E-state index in [9.17, 15) is 0 Å². The minimum atomic E-state index is 0.612. The Morgan fingerprint density at radius 2 is 2.04 bits per heavy atom. The van der Waals surface area contributed by atoms with E-state index < -0.39 is 0 Å². The van der Waals surface area contributed by atoms with Crippen LogP contribution in [-0.2, 0) is 13.1 Å². The van der Waals surface area contributed by atoms with E-state index in [0.717, 1.165) is 42.4 Å². The number of fused-ring (bicyclic) bond motifs is 1. The Hall–Kier alpha value is -2.30. The summed E-state index contributed by atoms with van der Waals surface area (Å²) in [5.74, 6) is 2.43. The second-order valence-electron chi connectivity index (χ2n) is 6.20. The van der Waals surface area contributed by atoms with Gasteiger partial charge in [-0.2, -0.15) is 0 Å². The Balaban J connectivity index is 1.55. The Kier molecular flexibility index (Phi) is 4.47. The first kappa shape index (κ1) is 16.2. The van der Waals surface area contributed by atoms with Gasteiger partial charge < -0.3 is 9.15 Å². The third-order valence-corrected chi connectivity index (χ3v) is 4.60. The summed E-state index contributed by atoms with van der Waals surface area (Å²) in [7, 11) is 0. The zero-order valence-electron chi connectivity index (χ0n) is 14.0. The summed E-state index contributed by atoms with van der Waals surface area (Å²) in [6.45, 7) is 5.06. The van der Waals surface area contributed by atoms with E-state index in [0.29, 0.717) is 17.5 Å².